The van der Waals surface area contributed by atoms with Crippen molar-refractivity contribution < 1.29 is 14.1 Å². The van der Waals surface area contributed by atoms with Gasteiger partial charge in [-0.1, -0.05) is 12.1 Å². The Morgan fingerprint density at radius 1 is 1.53 bits per heavy atom. The standard InChI is InChI=1S/C11H19N3O3/c1-4-5-10-12-9(13-17-10)8-14(2)7-6-11(15)16-3/h4-8H2,1-3H3. The van der Waals surface area contributed by atoms with Crippen LogP contribution in [0.15, 0.2) is 4.52 Å². The average molecular weight is 241 g/mol. The van der Waals surface area contributed by atoms with Gasteiger partial charge in [0.25, 0.3) is 0 Å². The van der Waals surface area contributed by atoms with E-state index in [1.165, 1.54) is 7.11 Å². The van der Waals surface area contributed by atoms with Crippen LogP contribution < -0.4 is 0 Å². The average Bonchev–Trinajstić information content (AvgIpc) is 2.74. The second-order valence-electron chi connectivity index (χ2n) is 3.92. The lowest BCUT2D eigenvalue weighted by Gasteiger charge is -2.12. The lowest BCUT2D eigenvalue weighted by molar-refractivity contribution is -0.140. The van der Waals surface area contributed by atoms with Crippen molar-refractivity contribution in [1.29, 1.82) is 0 Å². The van der Waals surface area contributed by atoms with E-state index in [2.05, 4.69) is 21.8 Å². The summed E-state index contributed by atoms with van der Waals surface area (Å²) in [5, 5.41) is 3.88. The molecule has 6 nitrogen and oxygen atoms in total. The van der Waals surface area contributed by atoms with E-state index in [9.17, 15) is 4.79 Å². The highest BCUT2D eigenvalue weighted by Gasteiger charge is 2.09. The van der Waals surface area contributed by atoms with Crippen molar-refractivity contribution in [3.63, 3.8) is 0 Å². The van der Waals surface area contributed by atoms with E-state index < -0.39 is 0 Å². The topological polar surface area (TPSA) is 68.5 Å². The van der Waals surface area contributed by atoms with E-state index in [-0.39, 0.29) is 5.97 Å². The number of nitrogens with zero attached hydrogens (tertiary/aromatic N) is 3. The number of aryl methyl sites for hydroxylation is 1. The third-order valence-corrected chi connectivity index (χ3v) is 2.31. The Morgan fingerprint density at radius 3 is 2.94 bits per heavy atom. The molecule has 0 aliphatic rings. The van der Waals surface area contributed by atoms with Gasteiger partial charge in [0, 0.05) is 13.0 Å². The molecule has 6 heteroatoms. The lowest BCUT2D eigenvalue weighted by atomic mass is 10.3. The molecule has 1 aromatic heterocycles. The van der Waals surface area contributed by atoms with E-state index in [4.69, 9.17) is 4.52 Å². The number of hydrogen-bond donors (Lipinski definition) is 0. The summed E-state index contributed by atoms with van der Waals surface area (Å²) >= 11 is 0. The zero-order chi connectivity index (χ0) is 12.7. The normalized spacial score (nSPS) is 10.8. The van der Waals surface area contributed by atoms with E-state index in [0.717, 1.165) is 12.8 Å². The zero-order valence-corrected chi connectivity index (χ0v) is 10.6. The summed E-state index contributed by atoms with van der Waals surface area (Å²) < 4.78 is 9.64. The molecular weight excluding hydrogens is 222 g/mol. The number of ether oxygens (including phenoxy) is 1. The van der Waals surface area contributed by atoms with Gasteiger partial charge in [0.05, 0.1) is 20.1 Å². The second kappa shape index (κ2) is 7.01. The Balaban J connectivity index is 2.34. The van der Waals surface area contributed by atoms with Crippen molar-refractivity contribution in [2.75, 3.05) is 20.7 Å². The fraction of sp³-hybridized carbons (Fsp3) is 0.727. The molecule has 0 radical (unpaired) electrons. The number of hydrogen-bond acceptors (Lipinski definition) is 6. The maximum Gasteiger partial charge on any atom is 0.306 e. The molecular formula is C11H19N3O3. The number of carbonyl (C=O) groups is 1. The Morgan fingerprint density at radius 2 is 2.29 bits per heavy atom. The van der Waals surface area contributed by atoms with Crippen LogP contribution in [0.4, 0.5) is 0 Å². The van der Waals surface area contributed by atoms with E-state index in [1.54, 1.807) is 0 Å². The second-order valence-corrected chi connectivity index (χ2v) is 3.92. The fourth-order valence-corrected chi connectivity index (χ4v) is 1.37. The summed E-state index contributed by atoms with van der Waals surface area (Å²) in [7, 11) is 3.29. The molecule has 96 valence electrons. The Labute approximate surface area is 101 Å². The molecule has 1 heterocycles. The van der Waals surface area contributed by atoms with Crippen LogP contribution in [-0.4, -0.2) is 41.7 Å². The van der Waals surface area contributed by atoms with Crippen LogP contribution in [0.3, 0.4) is 0 Å². The third-order valence-electron chi connectivity index (χ3n) is 2.31. The summed E-state index contributed by atoms with van der Waals surface area (Å²) in [6, 6.07) is 0. The molecule has 17 heavy (non-hydrogen) atoms. The van der Waals surface area contributed by atoms with Gasteiger partial charge in [-0.15, -0.1) is 0 Å². The minimum Gasteiger partial charge on any atom is -0.469 e. The molecule has 0 saturated heterocycles. The van der Waals surface area contributed by atoms with Gasteiger partial charge in [0.2, 0.25) is 5.89 Å². The van der Waals surface area contributed by atoms with Gasteiger partial charge in [0.15, 0.2) is 5.82 Å². The first kappa shape index (κ1) is 13.6. The van der Waals surface area contributed by atoms with Gasteiger partial charge in [-0.2, -0.15) is 4.98 Å². The number of methoxy groups -OCH3 is 1. The minimum absolute atomic E-state index is 0.211. The van der Waals surface area contributed by atoms with Crippen LogP contribution >= 0.6 is 0 Å². The summed E-state index contributed by atoms with van der Waals surface area (Å²) in [6.07, 6.45) is 2.16. The van der Waals surface area contributed by atoms with Crippen molar-refractivity contribution in [3.8, 4) is 0 Å². The van der Waals surface area contributed by atoms with Crippen LogP contribution in [0.25, 0.3) is 0 Å². The summed E-state index contributed by atoms with van der Waals surface area (Å²) in [4.78, 5) is 17.2. The highest BCUT2D eigenvalue weighted by molar-refractivity contribution is 5.69. The molecule has 1 aromatic rings. The van der Waals surface area contributed by atoms with Crippen LogP contribution in [0.1, 0.15) is 31.5 Å². The third kappa shape index (κ3) is 4.95. The zero-order valence-electron chi connectivity index (χ0n) is 10.6. The first-order valence-corrected chi connectivity index (χ1v) is 5.72. The maximum atomic E-state index is 11.0. The highest BCUT2D eigenvalue weighted by atomic mass is 16.5. The molecule has 0 unspecified atom stereocenters. The van der Waals surface area contributed by atoms with E-state index in [1.807, 2.05) is 11.9 Å². The summed E-state index contributed by atoms with van der Waals surface area (Å²) in [5.41, 5.74) is 0. The Kier molecular flexibility index (Phi) is 5.62. The van der Waals surface area contributed by atoms with Gasteiger partial charge in [0.1, 0.15) is 0 Å². The molecule has 0 saturated carbocycles. The molecule has 0 aliphatic heterocycles. The molecule has 1 rings (SSSR count). The quantitative estimate of drug-likeness (QED) is 0.664. The molecule has 0 spiro atoms. The summed E-state index contributed by atoms with van der Waals surface area (Å²) in [6.45, 7) is 3.25. The maximum absolute atomic E-state index is 11.0. The van der Waals surface area contributed by atoms with E-state index in [0.29, 0.717) is 31.2 Å². The van der Waals surface area contributed by atoms with Crippen molar-refractivity contribution in [2.45, 2.75) is 32.7 Å². The van der Waals surface area contributed by atoms with Gasteiger partial charge < -0.3 is 9.26 Å². The predicted octanol–water partition coefficient (Wildman–Crippen LogP) is 1.02. The van der Waals surface area contributed by atoms with Crippen LogP contribution in [0.5, 0.6) is 0 Å². The van der Waals surface area contributed by atoms with Gasteiger partial charge in [-0.05, 0) is 13.5 Å². The van der Waals surface area contributed by atoms with Crippen LogP contribution in [0, 0.1) is 0 Å². The van der Waals surface area contributed by atoms with Crippen molar-refractivity contribution in [1.82, 2.24) is 15.0 Å². The van der Waals surface area contributed by atoms with Crippen molar-refractivity contribution in [3.05, 3.63) is 11.7 Å². The van der Waals surface area contributed by atoms with Crippen molar-refractivity contribution in [2.24, 2.45) is 0 Å². The minimum atomic E-state index is -0.211. The number of esters is 1. The molecule has 0 aliphatic carbocycles. The molecule has 0 N–H and O–H groups in total. The van der Waals surface area contributed by atoms with E-state index >= 15 is 0 Å². The van der Waals surface area contributed by atoms with Gasteiger partial charge in [-0.3, -0.25) is 9.69 Å². The number of carbonyl (C=O) groups excluding carboxylic acids is 1. The van der Waals surface area contributed by atoms with Crippen LogP contribution in [-0.2, 0) is 22.5 Å². The largest absolute Gasteiger partial charge is 0.469 e. The lowest BCUT2D eigenvalue weighted by Crippen LogP contribution is -2.22. The first-order valence-electron chi connectivity index (χ1n) is 5.72. The smallest absolute Gasteiger partial charge is 0.306 e. The molecule has 0 atom stereocenters. The number of aromatic nitrogens is 2. The monoisotopic (exact) mass is 241 g/mol. The van der Waals surface area contributed by atoms with Crippen molar-refractivity contribution >= 4 is 5.97 Å². The Hall–Kier alpha value is -1.43. The SMILES string of the molecule is CCCc1nc(CN(C)CCC(=O)OC)no1. The molecule has 0 aromatic carbocycles. The fourth-order valence-electron chi connectivity index (χ4n) is 1.37. The van der Waals surface area contributed by atoms with Gasteiger partial charge >= 0.3 is 5.97 Å². The number of rotatable bonds is 7. The molecule has 0 amide bonds. The Bertz CT molecular complexity index is 351. The first-order chi connectivity index (χ1) is 8.15. The highest BCUT2D eigenvalue weighted by Crippen LogP contribution is 2.03. The molecule has 0 fully saturated rings. The summed E-state index contributed by atoms with van der Waals surface area (Å²) in [5.74, 6) is 1.11. The van der Waals surface area contributed by atoms with Gasteiger partial charge in [-0.25, -0.2) is 0 Å². The predicted molar refractivity (Wildman–Crippen MR) is 61.3 cm³/mol. The van der Waals surface area contributed by atoms with Crippen LogP contribution in [0.2, 0.25) is 0 Å². The molecule has 0 bridgehead atoms.